The summed E-state index contributed by atoms with van der Waals surface area (Å²) in [7, 11) is 0. The number of alkyl halides is 6. The summed E-state index contributed by atoms with van der Waals surface area (Å²) in [6.07, 6.45) is -12.4. The van der Waals surface area contributed by atoms with Gasteiger partial charge in [-0.25, -0.2) is 17.6 Å². The van der Waals surface area contributed by atoms with Crippen LogP contribution in [-0.2, 0) is 0 Å². The van der Waals surface area contributed by atoms with E-state index in [0.29, 0.717) is 0 Å². The minimum absolute atomic E-state index is 0.515. The molecule has 14 heavy (non-hydrogen) atoms. The lowest BCUT2D eigenvalue weighted by atomic mass is 10.1. The smallest absolute Gasteiger partial charge is 0.231 e. The molecule has 0 saturated carbocycles. The van der Waals surface area contributed by atoms with Gasteiger partial charge in [0.05, 0.1) is 11.5 Å². The molecule has 0 saturated heterocycles. The van der Waals surface area contributed by atoms with Crippen molar-refractivity contribution in [2.45, 2.75) is 24.7 Å². The molecule has 0 aromatic heterocycles. The fraction of sp³-hybridized carbons (Fsp3) is 0.667. The standard InChI is InChI=1S/C6H4ClF7/c7-3(2-8)1-5(10,11)4(9)6(12,13)14/h2,4H,1H2. The molecule has 0 nitrogen and oxygen atoms in total. The first kappa shape index (κ1) is 13.5. The van der Waals surface area contributed by atoms with Crippen LogP contribution in [0.2, 0.25) is 0 Å². The summed E-state index contributed by atoms with van der Waals surface area (Å²) in [4.78, 5) is 0. The molecule has 0 amide bonds. The Kier molecular flexibility index (Phi) is 4.23. The fourth-order valence-electron chi connectivity index (χ4n) is 0.593. The van der Waals surface area contributed by atoms with Crippen molar-refractivity contribution in [3.05, 3.63) is 11.4 Å². The number of allylic oxidation sites excluding steroid dienone is 1. The van der Waals surface area contributed by atoms with Crippen molar-refractivity contribution in [3.63, 3.8) is 0 Å². The van der Waals surface area contributed by atoms with E-state index in [-0.39, 0.29) is 0 Å². The Morgan fingerprint density at radius 1 is 1.21 bits per heavy atom. The van der Waals surface area contributed by atoms with Crippen LogP contribution in [0.25, 0.3) is 0 Å². The molecule has 0 N–H and O–H groups in total. The van der Waals surface area contributed by atoms with E-state index >= 15 is 0 Å². The van der Waals surface area contributed by atoms with E-state index in [0.717, 1.165) is 0 Å². The van der Waals surface area contributed by atoms with Crippen LogP contribution in [0.15, 0.2) is 11.4 Å². The molecule has 0 aromatic rings. The highest BCUT2D eigenvalue weighted by Crippen LogP contribution is 2.39. The van der Waals surface area contributed by atoms with E-state index in [1.165, 1.54) is 0 Å². The van der Waals surface area contributed by atoms with Gasteiger partial charge in [0.15, 0.2) is 0 Å². The predicted octanol–water partition coefficient (Wildman–Crippen LogP) is 3.96. The first-order chi connectivity index (χ1) is 6.11. The van der Waals surface area contributed by atoms with Gasteiger partial charge in [0, 0.05) is 0 Å². The molecule has 84 valence electrons. The fourth-order valence-corrected chi connectivity index (χ4v) is 0.771. The van der Waals surface area contributed by atoms with Crippen molar-refractivity contribution in [3.8, 4) is 0 Å². The quantitative estimate of drug-likeness (QED) is 0.659. The van der Waals surface area contributed by atoms with Gasteiger partial charge in [-0.2, -0.15) is 13.2 Å². The van der Waals surface area contributed by atoms with Crippen LogP contribution in [0, 0.1) is 0 Å². The molecular formula is C6H4ClF7. The third-order valence-electron chi connectivity index (χ3n) is 1.18. The van der Waals surface area contributed by atoms with Gasteiger partial charge < -0.3 is 0 Å². The summed E-state index contributed by atoms with van der Waals surface area (Å²) >= 11 is 4.72. The summed E-state index contributed by atoms with van der Waals surface area (Å²) in [5.41, 5.74) is 0. The van der Waals surface area contributed by atoms with Gasteiger partial charge in [0.2, 0.25) is 0 Å². The highest BCUT2D eigenvalue weighted by Gasteiger charge is 2.56. The first-order valence-electron chi connectivity index (χ1n) is 3.14. The Morgan fingerprint density at radius 3 is 1.93 bits per heavy atom. The van der Waals surface area contributed by atoms with E-state index < -0.39 is 36.1 Å². The van der Waals surface area contributed by atoms with Crippen molar-refractivity contribution < 1.29 is 30.7 Å². The van der Waals surface area contributed by atoms with E-state index in [1.807, 2.05) is 0 Å². The number of hydrogen-bond donors (Lipinski definition) is 0. The maximum atomic E-state index is 12.4. The molecule has 0 radical (unpaired) electrons. The minimum Gasteiger partial charge on any atom is -0.231 e. The Balaban J connectivity index is 4.62. The maximum Gasteiger partial charge on any atom is 0.425 e. The average molecular weight is 245 g/mol. The van der Waals surface area contributed by atoms with Crippen LogP contribution in [0.1, 0.15) is 6.42 Å². The third-order valence-corrected chi connectivity index (χ3v) is 1.40. The molecule has 1 atom stereocenters. The molecule has 0 spiro atoms. The van der Waals surface area contributed by atoms with Crippen LogP contribution >= 0.6 is 11.6 Å². The zero-order chi connectivity index (χ0) is 11.6. The second kappa shape index (κ2) is 4.37. The molecule has 0 aliphatic rings. The molecule has 1 unspecified atom stereocenters. The van der Waals surface area contributed by atoms with Gasteiger partial charge >= 0.3 is 6.18 Å². The lowest BCUT2D eigenvalue weighted by Gasteiger charge is -2.21. The van der Waals surface area contributed by atoms with E-state index in [1.54, 1.807) is 0 Å². The van der Waals surface area contributed by atoms with Gasteiger partial charge in [-0.3, -0.25) is 0 Å². The van der Waals surface area contributed by atoms with Gasteiger partial charge in [0.25, 0.3) is 12.1 Å². The summed E-state index contributed by atoms with van der Waals surface area (Å²) in [6.45, 7) is 0. The molecule has 0 aromatic carbocycles. The molecule has 0 heterocycles. The van der Waals surface area contributed by atoms with Gasteiger partial charge in [-0.05, 0) is 0 Å². The molecule has 0 aliphatic heterocycles. The minimum atomic E-state index is -5.70. The maximum absolute atomic E-state index is 12.4. The highest BCUT2D eigenvalue weighted by atomic mass is 35.5. The largest absolute Gasteiger partial charge is 0.425 e. The number of halogens is 8. The second-order valence-electron chi connectivity index (χ2n) is 2.40. The van der Waals surface area contributed by atoms with Gasteiger partial charge in [-0.1, -0.05) is 11.6 Å². The molecule has 8 heteroatoms. The Morgan fingerprint density at radius 2 is 1.64 bits per heavy atom. The Bertz CT molecular complexity index is 219. The Hall–Kier alpha value is -0.460. The molecule has 0 rings (SSSR count). The summed E-state index contributed by atoms with van der Waals surface area (Å²) in [5.74, 6) is -4.77. The zero-order valence-corrected chi connectivity index (χ0v) is 7.14. The second-order valence-corrected chi connectivity index (χ2v) is 2.88. The van der Waals surface area contributed by atoms with E-state index in [2.05, 4.69) is 0 Å². The van der Waals surface area contributed by atoms with Crippen LogP contribution in [0.3, 0.4) is 0 Å². The molecule has 0 aliphatic carbocycles. The monoisotopic (exact) mass is 244 g/mol. The van der Waals surface area contributed by atoms with Gasteiger partial charge in [-0.15, -0.1) is 0 Å². The highest BCUT2D eigenvalue weighted by molar-refractivity contribution is 6.29. The third kappa shape index (κ3) is 3.73. The van der Waals surface area contributed by atoms with E-state index in [9.17, 15) is 30.7 Å². The topological polar surface area (TPSA) is 0 Å². The number of hydrogen-bond acceptors (Lipinski definition) is 0. The average Bonchev–Trinajstić information content (AvgIpc) is 2.00. The van der Waals surface area contributed by atoms with Crippen molar-refractivity contribution in [1.82, 2.24) is 0 Å². The van der Waals surface area contributed by atoms with Crippen LogP contribution in [0.4, 0.5) is 30.7 Å². The van der Waals surface area contributed by atoms with Crippen LogP contribution in [-0.4, -0.2) is 18.3 Å². The van der Waals surface area contributed by atoms with Crippen molar-refractivity contribution in [1.29, 1.82) is 0 Å². The van der Waals surface area contributed by atoms with Crippen molar-refractivity contribution >= 4 is 11.6 Å². The predicted molar refractivity (Wildman–Crippen MR) is 35.6 cm³/mol. The van der Waals surface area contributed by atoms with Crippen molar-refractivity contribution in [2.75, 3.05) is 0 Å². The summed E-state index contributed by atoms with van der Waals surface area (Å²) in [5, 5.41) is -1.18. The first-order valence-corrected chi connectivity index (χ1v) is 3.52. The normalized spacial score (nSPS) is 17.0. The van der Waals surface area contributed by atoms with Crippen molar-refractivity contribution in [2.24, 2.45) is 0 Å². The number of rotatable bonds is 3. The summed E-state index contributed by atoms with van der Waals surface area (Å²) in [6, 6.07) is 0. The SMILES string of the molecule is FC=C(Cl)CC(F)(F)C(F)C(F)(F)F. The molecule has 0 bridgehead atoms. The zero-order valence-electron chi connectivity index (χ0n) is 6.39. The van der Waals surface area contributed by atoms with Crippen LogP contribution in [0.5, 0.6) is 0 Å². The van der Waals surface area contributed by atoms with Crippen LogP contribution < -0.4 is 0 Å². The lowest BCUT2D eigenvalue weighted by molar-refractivity contribution is -0.243. The Labute approximate surface area is 79.3 Å². The lowest BCUT2D eigenvalue weighted by Crippen LogP contribution is -2.41. The molecular weight excluding hydrogens is 241 g/mol. The van der Waals surface area contributed by atoms with E-state index in [4.69, 9.17) is 11.6 Å². The summed E-state index contributed by atoms with van der Waals surface area (Å²) < 4.78 is 82.7. The molecule has 0 fully saturated rings. The van der Waals surface area contributed by atoms with Gasteiger partial charge in [0.1, 0.15) is 6.33 Å².